The molecule has 1 aliphatic heterocycles. The van der Waals surface area contributed by atoms with Gasteiger partial charge in [-0.3, -0.25) is 20.5 Å². The van der Waals surface area contributed by atoms with Gasteiger partial charge >= 0.3 is 0 Å². The lowest BCUT2D eigenvalue weighted by Gasteiger charge is -2.35. The molecule has 0 atom stereocenters. The average Bonchev–Trinajstić information content (AvgIpc) is 2.68. The van der Waals surface area contributed by atoms with Gasteiger partial charge in [0.1, 0.15) is 17.8 Å². The van der Waals surface area contributed by atoms with Crippen LogP contribution in [0.15, 0.2) is 30.6 Å². The van der Waals surface area contributed by atoms with Crippen LogP contribution in [0.25, 0.3) is 0 Å². The molecule has 0 radical (unpaired) electrons. The van der Waals surface area contributed by atoms with Gasteiger partial charge in [-0.1, -0.05) is 12.1 Å². The maximum atomic E-state index is 13.7. The Morgan fingerprint density at radius 3 is 2.67 bits per heavy atom. The highest BCUT2D eigenvalue weighted by Crippen LogP contribution is 2.26. The minimum Gasteiger partial charge on any atom is -0.395 e. The molecule has 9 nitrogen and oxygen atoms in total. The topological polar surface area (TPSA) is 120 Å². The van der Waals surface area contributed by atoms with Gasteiger partial charge in [-0.05, 0) is 12.1 Å². The highest BCUT2D eigenvalue weighted by Gasteiger charge is 2.21. The quantitative estimate of drug-likeness (QED) is 0.524. The summed E-state index contributed by atoms with van der Waals surface area (Å²) < 4.78 is 13.7. The summed E-state index contributed by atoms with van der Waals surface area (Å²) in [6, 6.07) is 5.68. The van der Waals surface area contributed by atoms with E-state index in [1.54, 1.807) is 6.07 Å². The van der Waals surface area contributed by atoms with Crippen molar-refractivity contribution in [3.63, 3.8) is 0 Å². The third kappa shape index (κ3) is 4.41. The molecule has 5 N–H and O–H groups in total. The number of carbonyl (C=O) groups is 1. The van der Waals surface area contributed by atoms with E-state index in [2.05, 4.69) is 25.7 Å². The Morgan fingerprint density at radius 1 is 1.22 bits per heavy atom. The van der Waals surface area contributed by atoms with Crippen molar-refractivity contribution in [2.75, 3.05) is 55.4 Å². The largest absolute Gasteiger partial charge is 0.395 e. The minimum absolute atomic E-state index is 0.0853. The van der Waals surface area contributed by atoms with Crippen LogP contribution in [-0.4, -0.2) is 65.2 Å². The second kappa shape index (κ2) is 8.60. The number of nitrogens with zero attached hydrogens (tertiary/aromatic N) is 4. The number of amides is 1. The van der Waals surface area contributed by atoms with Crippen molar-refractivity contribution in [1.82, 2.24) is 20.3 Å². The van der Waals surface area contributed by atoms with Crippen molar-refractivity contribution < 1.29 is 14.3 Å². The van der Waals surface area contributed by atoms with Gasteiger partial charge in [0.25, 0.3) is 5.91 Å². The van der Waals surface area contributed by atoms with Crippen molar-refractivity contribution in [2.24, 2.45) is 0 Å². The third-order valence-electron chi connectivity index (χ3n) is 4.36. The molecular formula is C17H22FN7O2. The average molecular weight is 375 g/mol. The van der Waals surface area contributed by atoms with Gasteiger partial charge in [0.05, 0.1) is 12.2 Å². The van der Waals surface area contributed by atoms with Crippen LogP contribution in [0.1, 0.15) is 10.4 Å². The molecule has 1 saturated heterocycles. The molecule has 1 fully saturated rings. The van der Waals surface area contributed by atoms with Crippen LogP contribution in [-0.2, 0) is 0 Å². The summed E-state index contributed by atoms with van der Waals surface area (Å²) in [6.07, 6.45) is 1.35. The summed E-state index contributed by atoms with van der Waals surface area (Å²) in [5.41, 5.74) is 11.4. The molecule has 1 aliphatic rings. The molecule has 1 aromatic heterocycles. The maximum Gasteiger partial charge on any atom is 0.272 e. The minimum atomic E-state index is -0.634. The van der Waals surface area contributed by atoms with E-state index in [1.165, 1.54) is 24.5 Å². The molecular weight excluding hydrogens is 353 g/mol. The Hall–Kier alpha value is -2.98. The van der Waals surface area contributed by atoms with E-state index in [1.807, 2.05) is 4.90 Å². The zero-order valence-corrected chi connectivity index (χ0v) is 14.7. The van der Waals surface area contributed by atoms with Gasteiger partial charge in [0.15, 0.2) is 11.6 Å². The number of β-amino-alcohol motifs (C(OH)–C–C–N with tert-alkyl or cyclic N) is 1. The molecule has 3 rings (SSSR count). The highest BCUT2D eigenvalue weighted by molar-refractivity contribution is 5.95. The van der Waals surface area contributed by atoms with E-state index in [0.29, 0.717) is 31.1 Å². The second-order valence-corrected chi connectivity index (χ2v) is 6.07. The number of rotatable bonds is 6. The number of hydrogen-bond acceptors (Lipinski definition) is 8. The van der Waals surface area contributed by atoms with Crippen molar-refractivity contribution in [1.29, 1.82) is 0 Å². The first-order chi connectivity index (χ1) is 13.1. The summed E-state index contributed by atoms with van der Waals surface area (Å²) >= 11 is 0. The van der Waals surface area contributed by atoms with Crippen molar-refractivity contribution in [3.05, 3.63) is 42.0 Å². The number of hydrazine groups is 1. The lowest BCUT2D eigenvalue weighted by Crippen LogP contribution is -2.47. The number of nitrogens with one attached hydrogen (secondary N) is 2. The summed E-state index contributed by atoms with van der Waals surface area (Å²) in [6.45, 7) is 3.77. The summed E-state index contributed by atoms with van der Waals surface area (Å²) in [5.74, 6) is -0.446. The molecule has 144 valence electrons. The van der Waals surface area contributed by atoms with Gasteiger partial charge in [-0.2, -0.15) is 0 Å². The summed E-state index contributed by atoms with van der Waals surface area (Å²) in [4.78, 5) is 24.6. The van der Waals surface area contributed by atoms with E-state index in [0.717, 1.165) is 13.1 Å². The Labute approximate surface area is 156 Å². The molecule has 1 amide bonds. The molecule has 0 aliphatic carbocycles. The first-order valence-electron chi connectivity index (χ1n) is 8.59. The molecule has 2 aromatic rings. The molecule has 1 aromatic carbocycles. The zero-order valence-electron chi connectivity index (χ0n) is 14.7. The number of piperazine rings is 1. The number of benzene rings is 1. The molecule has 10 heteroatoms. The molecule has 0 saturated carbocycles. The fraction of sp³-hybridized carbons (Fsp3) is 0.353. The Kier molecular flexibility index (Phi) is 5.99. The molecule has 0 unspecified atom stereocenters. The van der Waals surface area contributed by atoms with Crippen molar-refractivity contribution in [3.8, 4) is 0 Å². The van der Waals surface area contributed by atoms with Crippen LogP contribution < -0.4 is 21.5 Å². The van der Waals surface area contributed by atoms with Crippen molar-refractivity contribution >= 4 is 23.2 Å². The highest BCUT2D eigenvalue weighted by atomic mass is 19.1. The number of aromatic nitrogens is 2. The monoisotopic (exact) mass is 375 g/mol. The SMILES string of the molecule is Nc1c(NNC(=O)c2ccccc2F)ncnc1N1CCN(CCO)CC1. The van der Waals surface area contributed by atoms with E-state index < -0.39 is 11.7 Å². The number of aliphatic hydroxyl groups excluding tert-OH is 1. The van der Waals surface area contributed by atoms with Crippen LogP contribution in [0.4, 0.5) is 21.7 Å². The Balaban J connectivity index is 1.65. The van der Waals surface area contributed by atoms with Crippen LogP contribution in [0.5, 0.6) is 0 Å². The van der Waals surface area contributed by atoms with E-state index in [-0.39, 0.29) is 18.0 Å². The summed E-state index contributed by atoms with van der Waals surface area (Å²) in [7, 11) is 0. The molecule has 0 bridgehead atoms. The Morgan fingerprint density at radius 2 is 1.96 bits per heavy atom. The number of anilines is 3. The second-order valence-electron chi connectivity index (χ2n) is 6.07. The van der Waals surface area contributed by atoms with Gasteiger partial charge in [0, 0.05) is 32.7 Å². The van der Waals surface area contributed by atoms with Gasteiger partial charge < -0.3 is 15.7 Å². The van der Waals surface area contributed by atoms with E-state index in [9.17, 15) is 9.18 Å². The lowest BCUT2D eigenvalue weighted by atomic mass is 10.2. The molecule has 27 heavy (non-hydrogen) atoms. The first kappa shape index (κ1) is 18.8. The first-order valence-corrected chi connectivity index (χ1v) is 8.59. The number of nitrogen functional groups attached to an aromatic ring is 1. The molecule has 2 heterocycles. The van der Waals surface area contributed by atoms with Crippen LogP contribution in [0.3, 0.4) is 0 Å². The van der Waals surface area contributed by atoms with Crippen molar-refractivity contribution in [2.45, 2.75) is 0 Å². The number of halogens is 1. The summed E-state index contributed by atoms with van der Waals surface area (Å²) in [5, 5.41) is 9.02. The van der Waals surface area contributed by atoms with Crippen LogP contribution in [0, 0.1) is 5.82 Å². The fourth-order valence-corrected chi connectivity index (χ4v) is 2.89. The van der Waals surface area contributed by atoms with Gasteiger partial charge in [0.2, 0.25) is 0 Å². The van der Waals surface area contributed by atoms with E-state index >= 15 is 0 Å². The zero-order chi connectivity index (χ0) is 19.2. The predicted octanol–water partition coefficient (Wildman–Crippen LogP) is 0.0691. The van der Waals surface area contributed by atoms with Gasteiger partial charge in [-0.15, -0.1) is 0 Å². The fourth-order valence-electron chi connectivity index (χ4n) is 2.89. The number of aliphatic hydroxyl groups is 1. The normalized spacial score (nSPS) is 14.8. The van der Waals surface area contributed by atoms with Gasteiger partial charge in [-0.25, -0.2) is 14.4 Å². The molecule has 0 spiro atoms. The number of nitrogens with two attached hydrogens (primary N) is 1. The van der Waals surface area contributed by atoms with Crippen LogP contribution >= 0.6 is 0 Å². The third-order valence-corrected chi connectivity index (χ3v) is 4.36. The number of carbonyl (C=O) groups excluding carboxylic acids is 1. The lowest BCUT2D eigenvalue weighted by molar-refractivity contribution is 0.0958. The smallest absolute Gasteiger partial charge is 0.272 e. The Bertz CT molecular complexity index is 797. The van der Waals surface area contributed by atoms with E-state index in [4.69, 9.17) is 10.8 Å². The number of hydrogen-bond donors (Lipinski definition) is 4. The standard InChI is InChI=1S/C17H22FN7O2/c18-13-4-2-1-3-12(13)17(27)23-22-15-14(19)16(21-11-20-15)25-7-5-24(6-8-25)9-10-26/h1-4,11,26H,5-10,19H2,(H,23,27)(H,20,21,22). The van der Waals surface area contributed by atoms with Crippen LogP contribution in [0.2, 0.25) is 0 Å². The maximum absolute atomic E-state index is 13.7. The predicted molar refractivity (Wildman–Crippen MR) is 99.7 cm³/mol.